The van der Waals surface area contributed by atoms with Crippen molar-refractivity contribution in [1.29, 1.82) is 0 Å². The average Bonchev–Trinajstić information content (AvgIpc) is 3.15. The van der Waals surface area contributed by atoms with E-state index in [1.807, 2.05) is 48.1 Å². The summed E-state index contributed by atoms with van der Waals surface area (Å²) in [5, 5.41) is 13.0. The van der Waals surface area contributed by atoms with Gasteiger partial charge in [0, 0.05) is 35.6 Å². The standard InChI is InChI=1S/C15H11ClN6/c1-21-7-11(6-18-21)14-15-20-17-9-22(15)8-13(19-14)10-2-4-12(16)5-3-10/h2-9H,1H3. The zero-order chi connectivity index (χ0) is 15.1. The zero-order valence-electron chi connectivity index (χ0n) is 11.7. The van der Waals surface area contributed by atoms with Crippen molar-refractivity contribution < 1.29 is 0 Å². The largest absolute Gasteiger partial charge is 0.285 e. The Kier molecular flexibility index (Phi) is 2.90. The van der Waals surface area contributed by atoms with Gasteiger partial charge < -0.3 is 0 Å². The number of hydrogen-bond acceptors (Lipinski definition) is 4. The monoisotopic (exact) mass is 310 g/mol. The van der Waals surface area contributed by atoms with E-state index in [9.17, 15) is 0 Å². The number of hydrogen-bond donors (Lipinski definition) is 0. The fraction of sp³-hybridized carbons (Fsp3) is 0.0667. The van der Waals surface area contributed by atoms with E-state index in [0.717, 1.165) is 22.5 Å². The third-order valence-electron chi connectivity index (χ3n) is 3.40. The van der Waals surface area contributed by atoms with Crippen LogP contribution in [0.25, 0.3) is 28.2 Å². The van der Waals surface area contributed by atoms with Crippen molar-refractivity contribution >= 4 is 17.2 Å². The molecular weight excluding hydrogens is 300 g/mol. The second-order valence-electron chi connectivity index (χ2n) is 4.95. The van der Waals surface area contributed by atoms with Crippen LogP contribution in [0.2, 0.25) is 5.02 Å². The van der Waals surface area contributed by atoms with Gasteiger partial charge in [0.25, 0.3) is 0 Å². The lowest BCUT2D eigenvalue weighted by Gasteiger charge is -2.06. The molecule has 7 heteroatoms. The predicted molar refractivity (Wildman–Crippen MR) is 83.4 cm³/mol. The smallest absolute Gasteiger partial charge is 0.187 e. The Morgan fingerprint density at radius 3 is 2.59 bits per heavy atom. The second-order valence-corrected chi connectivity index (χ2v) is 5.38. The van der Waals surface area contributed by atoms with Crippen LogP contribution in [0.4, 0.5) is 0 Å². The van der Waals surface area contributed by atoms with E-state index in [-0.39, 0.29) is 0 Å². The van der Waals surface area contributed by atoms with Crippen LogP contribution in [0.15, 0.2) is 49.2 Å². The molecule has 0 saturated carbocycles. The maximum Gasteiger partial charge on any atom is 0.187 e. The second kappa shape index (κ2) is 4.92. The lowest BCUT2D eigenvalue weighted by molar-refractivity contribution is 0.768. The summed E-state index contributed by atoms with van der Waals surface area (Å²) in [6.45, 7) is 0. The zero-order valence-corrected chi connectivity index (χ0v) is 12.4. The number of nitrogens with zero attached hydrogens (tertiary/aromatic N) is 6. The van der Waals surface area contributed by atoms with Crippen LogP contribution in [0, 0.1) is 0 Å². The maximum atomic E-state index is 5.95. The van der Waals surface area contributed by atoms with E-state index in [1.165, 1.54) is 0 Å². The summed E-state index contributed by atoms with van der Waals surface area (Å²) in [5.41, 5.74) is 4.15. The van der Waals surface area contributed by atoms with Gasteiger partial charge >= 0.3 is 0 Å². The molecule has 6 nitrogen and oxygen atoms in total. The Bertz CT molecular complexity index is 954. The van der Waals surface area contributed by atoms with Crippen molar-refractivity contribution in [3.63, 3.8) is 0 Å². The van der Waals surface area contributed by atoms with Crippen molar-refractivity contribution in [1.82, 2.24) is 29.4 Å². The highest BCUT2D eigenvalue weighted by Crippen LogP contribution is 2.26. The Morgan fingerprint density at radius 2 is 1.86 bits per heavy atom. The molecule has 108 valence electrons. The van der Waals surface area contributed by atoms with Gasteiger partial charge in [0.05, 0.1) is 11.9 Å². The molecule has 0 amide bonds. The molecule has 22 heavy (non-hydrogen) atoms. The highest BCUT2D eigenvalue weighted by molar-refractivity contribution is 6.30. The fourth-order valence-electron chi connectivity index (χ4n) is 2.33. The molecule has 0 radical (unpaired) electrons. The summed E-state index contributed by atoms with van der Waals surface area (Å²) in [7, 11) is 1.87. The Morgan fingerprint density at radius 1 is 1.05 bits per heavy atom. The van der Waals surface area contributed by atoms with Crippen LogP contribution in [0.5, 0.6) is 0 Å². The minimum Gasteiger partial charge on any atom is -0.285 e. The molecule has 0 atom stereocenters. The summed E-state index contributed by atoms with van der Waals surface area (Å²) >= 11 is 5.95. The number of rotatable bonds is 2. The third kappa shape index (κ3) is 2.14. The molecule has 0 N–H and O–H groups in total. The van der Waals surface area contributed by atoms with E-state index < -0.39 is 0 Å². The Hall–Kier alpha value is -2.73. The summed E-state index contributed by atoms with van der Waals surface area (Å²) < 4.78 is 3.60. The van der Waals surface area contributed by atoms with Gasteiger partial charge in [0.15, 0.2) is 5.65 Å². The molecule has 4 aromatic rings. The van der Waals surface area contributed by atoms with Crippen molar-refractivity contribution in [3.8, 4) is 22.5 Å². The first kappa shape index (κ1) is 13.0. The highest BCUT2D eigenvalue weighted by atomic mass is 35.5. The van der Waals surface area contributed by atoms with Gasteiger partial charge in [-0.25, -0.2) is 4.98 Å². The first-order valence-corrected chi connectivity index (χ1v) is 7.04. The molecule has 0 fully saturated rings. The van der Waals surface area contributed by atoms with E-state index in [4.69, 9.17) is 16.6 Å². The third-order valence-corrected chi connectivity index (χ3v) is 3.65. The summed E-state index contributed by atoms with van der Waals surface area (Å²) in [6.07, 6.45) is 7.24. The van der Waals surface area contributed by atoms with Crippen LogP contribution in [0.1, 0.15) is 0 Å². The lowest BCUT2D eigenvalue weighted by atomic mass is 10.1. The SMILES string of the molecule is Cn1cc(-c2nc(-c3ccc(Cl)cc3)cn3cnnc23)cn1. The van der Waals surface area contributed by atoms with E-state index in [1.54, 1.807) is 17.2 Å². The van der Waals surface area contributed by atoms with Crippen molar-refractivity contribution in [2.45, 2.75) is 0 Å². The van der Waals surface area contributed by atoms with Gasteiger partial charge in [0.2, 0.25) is 0 Å². The van der Waals surface area contributed by atoms with E-state index in [2.05, 4.69) is 15.3 Å². The summed E-state index contributed by atoms with van der Waals surface area (Å²) in [5.74, 6) is 0. The summed E-state index contributed by atoms with van der Waals surface area (Å²) in [6, 6.07) is 7.57. The van der Waals surface area contributed by atoms with Gasteiger partial charge in [-0.2, -0.15) is 5.10 Å². The molecular formula is C15H11ClN6. The molecule has 0 spiro atoms. The number of aryl methyl sites for hydroxylation is 1. The molecule has 0 bridgehead atoms. The van der Waals surface area contributed by atoms with Gasteiger partial charge in [-0.15, -0.1) is 10.2 Å². The van der Waals surface area contributed by atoms with Gasteiger partial charge in [-0.1, -0.05) is 23.7 Å². The molecule has 3 aromatic heterocycles. The Labute approximate surface area is 131 Å². The molecule has 1 aromatic carbocycles. The molecule has 0 aliphatic heterocycles. The molecule has 0 aliphatic rings. The molecule has 0 unspecified atom stereocenters. The summed E-state index contributed by atoms with van der Waals surface area (Å²) in [4.78, 5) is 4.74. The quantitative estimate of drug-likeness (QED) is 0.571. The Balaban J connectivity index is 1.95. The van der Waals surface area contributed by atoms with Gasteiger partial charge in [-0.3, -0.25) is 9.08 Å². The normalized spacial score (nSPS) is 11.2. The number of aromatic nitrogens is 6. The van der Waals surface area contributed by atoms with Crippen molar-refractivity contribution in [2.24, 2.45) is 7.05 Å². The number of fused-ring (bicyclic) bond motifs is 1. The predicted octanol–water partition coefficient (Wildman–Crippen LogP) is 2.85. The van der Waals surface area contributed by atoms with Crippen LogP contribution >= 0.6 is 11.6 Å². The van der Waals surface area contributed by atoms with Gasteiger partial charge in [-0.05, 0) is 12.1 Å². The highest BCUT2D eigenvalue weighted by Gasteiger charge is 2.13. The minimum atomic E-state index is 0.696. The average molecular weight is 311 g/mol. The first-order chi connectivity index (χ1) is 10.7. The van der Waals surface area contributed by atoms with Gasteiger partial charge in [0.1, 0.15) is 12.0 Å². The molecule has 0 saturated heterocycles. The molecule has 4 rings (SSSR count). The first-order valence-electron chi connectivity index (χ1n) is 6.66. The number of halogens is 1. The van der Waals surface area contributed by atoms with Crippen molar-refractivity contribution in [2.75, 3.05) is 0 Å². The van der Waals surface area contributed by atoms with Crippen LogP contribution in [-0.2, 0) is 7.05 Å². The number of benzene rings is 1. The minimum absolute atomic E-state index is 0.696. The van der Waals surface area contributed by atoms with E-state index in [0.29, 0.717) is 10.7 Å². The molecule has 3 heterocycles. The fourth-order valence-corrected chi connectivity index (χ4v) is 2.46. The molecule has 0 aliphatic carbocycles. The topological polar surface area (TPSA) is 60.9 Å². The lowest BCUT2D eigenvalue weighted by Crippen LogP contribution is -1.95. The maximum absolute atomic E-state index is 5.95. The van der Waals surface area contributed by atoms with E-state index >= 15 is 0 Å². The van der Waals surface area contributed by atoms with Crippen LogP contribution in [-0.4, -0.2) is 29.4 Å². The van der Waals surface area contributed by atoms with Crippen LogP contribution in [0.3, 0.4) is 0 Å². The van der Waals surface area contributed by atoms with Crippen LogP contribution < -0.4 is 0 Å². The van der Waals surface area contributed by atoms with Crippen molar-refractivity contribution in [3.05, 3.63) is 54.2 Å².